The van der Waals surface area contributed by atoms with Crippen molar-refractivity contribution in [1.82, 2.24) is 24.9 Å². The first-order valence-electron chi connectivity index (χ1n) is 17.9. The van der Waals surface area contributed by atoms with Crippen LogP contribution in [0.3, 0.4) is 0 Å². The average Bonchev–Trinajstić information content (AvgIpc) is 3.09. The van der Waals surface area contributed by atoms with Crippen LogP contribution in [0.25, 0.3) is 0 Å². The molecule has 0 unspecified atom stereocenters. The smallest absolute Gasteiger partial charge is 0.115 e. The average molecular weight is 662 g/mol. The van der Waals surface area contributed by atoms with E-state index in [0.29, 0.717) is 0 Å². The van der Waals surface area contributed by atoms with Gasteiger partial charge in [-0.2, -0.15) is 0 Å². The molecule has 4 aromatic rings. The van der Waals surface area contributed by atoms with Crippen LogP contribution in [0.1, 0.15) is 161 Å². The second kappa shape index (κ2) is 28.5. The molecule has 0 aliphatic rings. The Bertz CT molecular complexity index is 985. The van der Waals surface area contributed by atoms with Crippen LogP contribution in [0.2, 0.25) is 0 Å². The van der Waals surface area contributed by atoms with Gasteiger partial charge in [0, 0.05) is 54.5 Å². The predicted octanol–water partition coefficient (Wildman–Crippen LogP) is 13.0. The maximum absolute atomic E-state index is 4.25. The Morgan fingerprint density at radius 1 is 0.354 bits per heavy atom. The molecule has 0 aliphatic carbocycles. The van der Waals surface area contributed by atoms with Gasteiger partial charge in [-0.05, 0) is 63.3 Å². The molecule has 272 valence electrons. The minimum atomic E-state index is 0.168. The van der Waals surface area contributed by atoms with E-state index in [1.165, 1.54) is 16.7 Å². The summed E-state index contributed by atoms with van der Waals surface area (Å²) >= 11 is 0. The van der Waals surface area contributed by atoms with E-state index < -0.39 is 0 Å². The van der Waals surface area contributed by atoms with Gasteiger partial charge < -0.3 is 0 Å². The number of aromatic nitrogens is 5. The van der Waals surface area contributed by atoms with E-state index in [-0.39, 0.29) is 21.7 Å². The molecule has 0 radical (unpaired) electrons. The topological polar surface area (TPSA) is 64.5 Å². The Balaban J connectivity index is -0.000000251. The van der Waals surface area contributed by atoms with Gasteiger partial charge in [-0.15, -0.1) is 0 Å². The molecule has 5 nitrogen and oxygen atoms in total. The third-order valence-corrected chi connectivity index (χ3v) is 5.93. The minimum Gasteiger partial charge on any atom is -0.265 e. The van der Waals surface area contributed by atoms with Crippen molar-refractivity contribution in [1.29, 1.82) is 0 Å². The zero-order valence-electron chi connectivity index (χ0n) is 34.9. The zero-order valence-corrected chi connectivity index (χ0v) is 34.9. The van der Waals surface area contributed by atoms with E-state index in [1.807, 2.05) is 111 Å². The van der Waals surface area contributed by atoms with Crippen molar-refractivity contribution >= 4 is 0 Å². The fourth-order valence-corrected chi connectivity index (χ4v) is 3.15. The molecular weight excluding hydrogens is 587 g/mol. The standard InChI is InChI=1S/3C9H13N.C8H12N2.4C2H6/c1-9(2,3)8-4-6-10-7-5-8;1-9(2,3)8-5-4-6-10-7-8;1-9(2,3)8-6-4-5-7-10-8;1-8(2,3)7-4-9-6-10-5-7;4*1-2/h3*4-7H,1-3H3;4-6H,1-3H3;4*1-2H3. The summed E-state index contributed by atoms with van der Waals surface area (Å²) in [7, 11) is 0. The van der Waals surface area contributed by atoms with Gasteiger partial charge in [0.25, 0.3) is 0 Å². The Morgan fingerprint density at radius 3 is 1.04 bits per heavy atom. The van der Waals surface area contributed by atoms with Crippen LogP contribution in [0, 0.1) is 0 Å². The molecule has 4 rings (SSSR count). The highest BCUT2D eigenvalue weighted by atomic mass is 14.8. The van der Waals surface area contributed by atoms with Gasteiger partial charge in [-0.3, -0.25) is 15.0 Å². The SMILES string of the molecule is CC.CC.CC.CC.CC(C)(C)c1ccccn1.CC(C)(C)c1cccnc1.CC(C)(C)c1ccncc1.CC(C)(C)c1cncnc1. The molecule has 5 heteroatoms. The summed E-state index contributed by atoms with van der Waals surface area (Å²) in [6.45, 7) is 42.1. The first kappa shape index (κ1) is 51.4. The van der Waals surface area contributed by atoms with Crippen LogP contribution in [0.5, 0.6) is 0 Å². The van der Waals surface area contributed by atoms with E-state index in [0.717, 1.165) is 5.69 Å². The molecular formula is C43H75N5. The Kier molecular flexibility index (Phi) is 30.5. The molecule has 0 amide bonds. The van der Waals surface area contributed by atoms with Gasteiger partial charge in [0.1, 0.15) is 6.33 Å². The lowest BCUT2D eigenvalue weighted by molar-refractivity contribution is 0.569. The van der Waals surface area contributed by atoms with Crippen LogP contribution in [0.4, 0.5) is 0 Å². The van der Waals surface area contributed by atoms with Gasteiger partial charge >= 0.3 is 0 Å². The van der Waals surface area contributed by atoms with Crippen molar-refractivity contribution in [3.05, 3.63) is 115 Å². The maximum Gasteiger partial charge on any atom is 0.115 e. The van der Waals surface area contributed by atoms with Crippen LogP contribution >= 0.6 is 0 Å². The summed E-state index contributed by atoms with van der Waals surface area (Å²) in [6.07, 6.45) is 14.5. The van der Waals surface area contributed by atoms with E-state index >= 15 is 0 Å². The zero-order chi connectivity index (χ0) is 38.5. The van der Waals surface area contributed by atoms with Crippen molar-refractivity contribution in [3.8, 4) is 0 Å². The van der Waals surface area contributed by atoms with Gasteiger partial charge in [-0.1, -0.05) is 151 Å². The minimum absolute atomic E-state index is 0.168. The third kappa shape index (κ3) is 26.6. The molecule has 48 heavy (non-hydrogen) atoms. The maximum atomic E-state index is 4.25. The lowest BCUT2D eigenvalue weighted by Crippen LogP contribution is -2.12. The lowest BCUT2D eigenvalue weighted by atomic mass is 9.88. The van der Waals surface area contributed by atoms with E-state index in [9.17, 15) is 0 Å². The second-order valence-electron chi connectivity index (χ2n) is 13.8. The van der Waals surface area contributed by atoms with Crippen molar-refractivity contribution in [3.63, 3.8) is 0 Å². The molecule has 0 bridgehead atoms. The molecule has 0 aromatic carbocycles. The summed E-state index contributed by atoms with van der Waals surface area (Å²) in [6, 6.07) is 14.2. The quantitative estimate of drug-likeness (QED) is 0.188. The Hall–Kier alpha value is -3.47. The Labute approximate surface area is 299 Å². The lowest BCUT2D eigenvalue weighted by Gasteiger charge is -2.17. The first-order chi connectivity index (χ1) is 22.4. The third-order valence-electron chi connectivity index (χ3n) is 5.93. The van der Waals surface area contributed by atoms with Crippen molar-refractivity contribution < 1.29 is 0 Å². The van der Waals surface area contributed by atoms with Crippen molar-refractivity contribution in [2.45, 2.75) is 160 Å². The van der Waals surface area contributed by atoms with Gasteiger partial charge in [0.05, 0.1) is 0 Å². The number of pyridine rings is 3. The fraction of sp³-hybridized carbons (Fsp3) is 0.558. The van der Waals surface area contributed by atoms with Crippen molar-refractivity contribution in [2.24, 2.45) is 0 Å². The highest BCUT2D eigenvalue weighted by Gasteiger charge is 2.14. The van der Waals surface area contributed by atoms with Gasteiger partial charge in [0.15, 0.2) is 0 Å². The summed E-state index contributed by atoms with van der Waals surface area (Å²) < 4.78 is 0. The summed E-state index contributed by atoms with van der Waals surface area (Å²) in [5, 5.41) is 0. The number of rotatable bonds is 0. The van der Waals surface area contributed by atoms with Crippen molar-refractivity contribution in [2.75, 3.05) is 0 Å². The largest absolute Gasteiger partial charge is 0.265 e. The van der Waals surface area contributed by atoms with E-state index in [2.05, 4.69) is 132 Å². The predicted molar refractivity (Wildman–Crippen MR) is 215 cm³/mol. The second-order valence-corrected chi connectivity index (χ2v) is 13.8. The molecule has 0 aliphatic heterocycles. The molecule has 0 spiro atoms. The van der Waals surface area contributed by atoms with E-state index in [4.69, 9.17) is 0 Å². The fourth-order valence-electron chi connectivity index (χ4n) is 3.15. The molecule has 4 heterocycles. The summed E-state index contributed by atoms with van der Waals surface area (Å²) in [4.78, 5) is 20.1. The highest BCUT2D eigenvalue weighted by molar-refractivity contribution is 5.19. The van der Waals surface area contributed by atoms with Crippen LogP contribution in [-0.4, -0.2) is 24.9 Å². The molecule has 0 N–H and O–H groups in total. The first-order valence-corrected chi connectivity index (χ1v) is 17.9. The Morgan fingerprint density at radius 2 is 0.792 bits per heavy atom. The molecule has 0 fully saturated rings. The number of hydrogen-bond donors (Lipinski definition) is 0. The van der Waals surface area contributed by atoms with Gasteiger partial charge in [0.2, 0.25) is 0 Å². The summed E-state index contributed by atoms with van der Waals surface area (Å²) in [5.41, 5.74) is 5.78. The van der Waals surface area contributed by atoms with Crippen LogP contribution < -0.4 is 0 Å². The summed E-state index contributed by atoms with van der Waals surface area (Å²) in [5.74, 6) is 0. The highest BCUT2D eigenvalue weighted by Crippen LogP contribution is 2.21. The van der Waals surface area contributed by atoms with Crippen LogP contribution in [-0.2, 0) is 21.7 Å². The normalized spacial score (nSPS) is 10.1. The molecule has 0 saturated carbocycles. The van der Waals surface area contributed by atoms with Gasteiger partial charge in [-0.25, -0.2) is 9.97 Å². The molecule has 4 aromatic heterocycles. The number of nitrogens with zero attached hydrogens (tertiary/aromatic N) is 5. The molecule has 0 atom stereocenters. The monoisotopic (exact) mass is 662 g/mol. The van der Waals surface area contributed by atoms with E-state index in [1.54, 1.807) is 12.5 Å². The van der Waals surface area contributed by atoms with Crippen LogP contribution in [0.15, 0.2) is 92.2 Å². The number of hydrogen-bond acceptors (Lipinski definition) is 5. The molecule has 0 saturated heterocycles.